The molecule has 3 rings (SSSR count). The van der Waals surface area contributed by atoms with Gasteiger partial charge in [-0.25, -0.2) is 9.97 Å². The molecule has 0 saturated heterocycles. The number of carbonyl (C=O) groups is 2. The fraction of sp³-hybridized carbons (Fsp3) is 0.385. The van der Waals surface area contributed by atoms with Crippen molar-refractivity contribution in [3.8, 4) is 0 Å². The molecule has 0 saturated carbocycles. The largest absolute Gasteiger partial charge is 0.347 e. The van der Waals surface area contributed by atoms with Gasteiger partial charge < -0.3 is 10.6 Å². The highest BCUT2D eigenvalue weighted by Crippen LogP contribution is 2.34. The summed E-state index contributed by atoms with van der Waals surface area (Å²) < 4.78 is 0. The van der Waals surface area contributed by atoms with E-state index in [-0.39, 0.29) is 29.2 Å². The van der Waals surface area contributed by atoms with Gasteiger partial charge in [-0.1, -0.05) is 32.6 Å². The van der Waals surface area contributed by atoms with Gasteiger partial charge in [0, 0.05) is 12.6 Å². The molecule has 2 amide bonds. The van der Waals surface area contributed by atoms with Gasteiger partial charge in [0.15, 0.2) is 0 Å². The molecule has 0 radical (unpaired) electrons. The fourth-order valence-corrected chi connectivity index (χ4v) is 4.52. The summed E-state index contributed by atoms with van der Waals surface area (Å²) >= 11 is 1.59. The molecule has 2 N–H and O–H groups in total. The van der Waals surface area contributed by atoms with Crippen molar-refractivity contribution in [2.45, 2.75) is 59.4 Å². The number of carbonyl (C=O) groups excluding carboxylic acids is 2. The van der Waals surface area contributed by atoms with Crippen LogP contribution in [0.15, 0.2) is 47.0 Å². The molecule has 1 heterocycles. The van der Waals surface area contributed by atoms with Gasteiger partial charge in [0.1, 0.15) is 17.7 Å². The average Bonchev–Trinajstić information content (AvgIpc) is 3.24. The molecule has 0 aliphatic heterocycles. The van der Waals surface area contributed by atoms with Crippen LogP contribution in [0.2, 0.25) is 0 Å². The summed E-state index contributed by atoms with van der Waals surface area (Å²) in [4.78, 5) is 34.7. The summed E-state index contributed by atoms with van der Waals surface area (Å²) in [6.07, 6.45) is 4.80. The van der Waals surface area contributed by atoms with Crippen molar-refractivity contribution in [2.75, 3.05) is 6.54 Å². The molecule has 33 heavy (non-hydrogen) atoms. The number of aryl methyl sites for hydroxylation is 1. The Kier molecular flexibility index (Phi) is 8.44. The van der Waals surface area contributed by atoms with Gasteiger partial charge in [-0.3, -0.25) is 9.59 Å². The van der Waals surface area contributed by atoms with Crippen LogP contribution in [0.4, 0.5) is 0 Å². The third-order valence-electron chi connectivity index (χ3n) is 6.12. The highest BCUT2D eigenvalue weighted by Gasteiger charge is 2.26. The lowest BCUT2D eigenvalue weighted by atomic mass is 9.99. The Morgan fingerprint density at radius 2 is 1.88 bits per heavy atom. The molecule has 1 atom stereocenters. The van der Waals surface area contributed by atoms with Crippen LogP contribution in [-0.2, 0) is 6.42 Å². The smallest absolute Gasteiger partial charge is 0.270 e. The molecule has 0 spiro atoms. The van der Waals surface area contributed by atoms with Gasteiger partial charge >= 0.3 is 0 Å². The number of aromatic nitrogens is 2. The van der Waals surface area contributed by atoms with Gasteiger partial charge in [0.05, 0.1) is 6.04 Å². The standard InChI is InChI=1S/C26H32N4O2S/c1-6-17(4)33-14-19(7-2)13-27-25(31)23-12-24(29-15-28-23)26(32)30-22-11-10-20-18(5)16(3)8-9-21(20)22/h8-9,12,14-15,22H,4,6-7,10-11,13H2,1-3,5H3,(H,27,31)(H,30,32)/b19-14+. The molecule has 0 fully saturated rings. The van der Waals surface area contributed by atoms with Crippen LogP contribution in [0.5, 0.6) is 0 Å². The van der Waals surface area contributed by atoms with Gasteiger partial charge in [-0.2, -0.15) is 0 Å². The lowest BCUT2D eigenvalue weighted by Crippen LogP contribution is -2.30. The monoisotopic (exact) mass is 464 g/mol. The third-order valence-corrected chi connectivity index (χ3v) is 7.19. The van der Waals surface area contributed by atoms with Crippen LogP contribution in [0, 0.1) is 13.8 Å². The maximum absolute atomic E-state index is 12.9. The number of fused-ring (bicyclic) bond motifs is 1. The maximum Gasteiger partial charge on any atom is 0.270 e. The maximum atomic E-state index is 12.9. The lowest BCUT2D eigenvalue weighted by molar-refractivity contribution is 0.0931. The first-order valence-electron chi connectivity index (χ1n) is 11.4. The molecule has 1 unspecified atom stereocenters. The van der Waals surface area contributed by atoms with Crippen LogP contribution in [0.1, 0.15) is 82.4 Å². The fourth-order valence-electron chi connectivity index (χ4n) is 3.77. The Bertz CT molecular complexity index is 1090. The zero-order valence-corrected chi connectivity index (χ0v) is 20.6. The SMILES string of the molecule is C=C(CC)S/C=C(\CC)CNC(=O)c1cc(C(=O)NC2CCc3c2ccc(C)c3C)ncn1. The summed E-state index contributed by atoms with van der Waals surface area (Å²) in [6.45, 7) is 12.7. The van der Waals surface area contributed by atoms with E-state index in [1.807, 2.05) is 12.3 Å². The van der Waals surface area contributed by atoms with E-state index in [0.29, 0.717) is 6.54 Å². The molecular formula is C26H32N4O2S. The zero-order valence-electron chi connectivity index (χ0n) is 19.8. The molecular weight excluding hydrogens is 432 g/mol. The van der Waals surface area contributed by atoms with Crippen LogP contribution in [0.25, 0.3) is 0 Å². The van der Waals surface area contributed by atoms with Crippen LogP contribution < -0.4 is 10.6 Å². The predicted molar refractivity (Wildman–Crippen MR) is 134 cm³/mol. The minimum Gasteiger partial charge on any atom is -0.347 e. The van der Waals surface area contributed by atoms with E-state index in [1.165, 1.54) is 34.6 Å². The highest BCUT2D eigenvalue weighted by atomic mass is 32.2. The number of nitrogens with one attached hydrogen (secondary N) is 2. The second-order valence-corrected chi connectivity index (χ2v) is 9.30. The molecule has 6 nitrogen and oxygen atoms in total. The first-order chi connectivity index (χ1) is 15.8. The van der Waals surface area contributed by atoms with E-state index in [2.05, 4.69) is 60.1 Å². The summed E-state index contributed by atoms with van der Waals surface area (Å²) in [7, 11) is 0. The predicted octanol–water partition coefficient (Wildman–Crippen LogP) is 5.19. The molecule has 0 bridgehead atoms. The average molecular weight is 465 g/mol. The number of hydrogen-bond donors (Lipinski definition) is 2. The second kappa shape index (κ2) is 11.3. The number of benzene rings is 1. The zero-order chi connectivity index (χ0) is 24.0. The Hall–Kier alpha value is -2.93. The van der Waals surface area contributed by atoms with E-state index in [4.69, 9.17) is 0 Å². The molecule has 174 valence electrons. The molecule has 1 aliphatic rings. The summed E-state index contributed by atoms with van der Waals surface area (Å²) in [5, 5.41) is 7.99. The Morgan fingerprint density at radius 3 is 2.58 bits per heavy atom. The highest BCUT2D eigenvalue weighted by molar-refractivity contribution is 8.05. The van der Waals surface area contributed by atoms with Gasteiger partial charge in [0.25, 0.3) is 11.8 Å². The summed E-state index contributed by atoms with van der Waals surface area (Å²) in [5.41, 5.74) is 6.51. The number of amides is 2. The van der Waals surface area contributed by atoms with Gasteiger partial charge in [0.2, 0.25) is 0 Å². The number of allylic oxidation sites excluding steroid dienone is 1. The number of rotatable bonds is 9. The minimum atomic E-state index is -0.331. The first kappa shape index (κ1) is 24.7. The van der Waals surface area contributed by atoms with E-state index in [9.17, 15) is 9.59 Å². The lowest BCUT2D eigenvalue weighted by Gasteiger charge is -2.15. The van der Waals surface area contributed by atoms with Gasteiger partial charge in [-0.05, 0) is 77.7 Å². The van der Waals surface area contributed by atoms with Crippen molar-refractivity contribution in [2.24, 2.45) is 0 Å². The molecule has 7 heteroatoms. The quantitative estimate of drug-likeness (QED) is 0.533. The van der Waals surface area contributed by atoms with Crippen molar-refractivity contribution in [3.63, 3.8) is 0 Å². The van der Waals surface area contributed by atoms with Crippen LogP contribution in [-0.4, -0.2) is 28.3 Å². The Morgan fingerprint density at radius 1 is 1.15 bits per heavy atom. The van der Waals surface area contributed by atoms with Crippen molar-refractivity contribution >= 4 is 23.6 Å². The Labute approximate surface area is 200 Å². The van der Waals surface area contributed by atoms with Crippen molar-refractivity contribution in [1.29, 1.82) is 0 Å². The molecule has 1 aromatic carbocycles. The minimum absolute atomic E-state index is 0.0494. The van der Waals surface area contributed by atoms with E-state index < -0.39 is 0 Å². The number of thioether (sulfide) groups is 1. The topological polar surface area (TPSA) is 84.0 Å². The summed E-state index contributed by atoms with van der Waals surface area (Å²) in [5.74, 6) is -0.631. The Balaban J connectivity index is 1.64. The van der Waals surface area contributed by atoms with Crippen molar-refractivity contribution in [3.05, 3.63) is 80.6 Å². The van der Waals surface area contributed by atoms with E-state index in [0.717, 1.165) is 36.2 Å². The molecule has 1 aromatic heterocycles. The second-order valence-electron chi connectivity index (χ2n) is 8.25. The van der Waals surface area contributed by atoms with Crippen LogP contribution >= 0.6 is 11.8 Å². The van der Waals surface area contributed by atoms with E-state index in [1.54, 1.807) is 11.8 Å². The van der Waals surface area contributed by atoms with Gasteiger partial charge in [-0.15, -0.1) is 11.8 Å². The molecule has 2 aromatic rings. The normalized spacial score (nSPS) is 15.2. The van der Waals surface area contributed by atoms with Crippen LogP contribution in [0.3, 0.4) is 0 Å². The third kappa shape index (κ3) is 6.11. The van der Waals surface area contributed by atoms with E-state index >= 15 is 0 Å². The van der Waals surface area contributed by atoms with Crippen molar-refractivity contribution in [1.82, 2.24) is 20.6 Å². The number of hydrogen-bond acceptors (Lipinski definition) is 5. The first-order valence-corrected chi connectivity index (χ1v) is 12.2. The summed E-state index contributed by atoms with van der Waals surface area (Å²) in [6, 6.07) is 5.60. The number of nitrogens with zero attached hydrogens (tertiary/aromatic N) is 2. The molecule has 1 aliphatic carbocycles. The van der Waals surface area contributed by atoms with Crippen molar-refractivity contribution < 1.29 is 9.59 Å².